The molecule has 0 unspecified atom stereocenters. The molecule has 0 bridgehead atoms. The Bertz CT molecular complexity index is 672. The molecule has 1 aliphatic heterocycles. The minimum atomic E-state index is -0.0504. The third-order valence-corrected chi connectivity index (χ3v) is 4.13. The van der Waals surface area contributed by atoms with Crippen LogP contribution in [0.3, 0.4) is 0 Å². The molecule has 1 aromatic carbocycles. The molecule has 2 aromatic rings. The molecule has 0 atom stereocenters. The van der Waals surface area contributed by atoms with E-state index in [1.807, 2.05) is 29.2 Å². The summed E-state index contributed by atoms with van der Waals surface area (Å²) in [5.41, 5.74) is 9.40. The number of amides is 1. The number of hydrogen-bond acceptors (Lipinski definition) is 3. The summed E-state index contributed by atoms with van der Waals surface area (Å²) in [6.45, 7) is 1.29. The smallest absolute Gasteiger partial charge is 0.273 e. The second-order valence-electron chi connectivity index (χ2n) is 4.84. The molecular weight excluding hydrogens is 318 g/mol. The monoisotopic (exact) mass is 331 g/mol. The first kappa shape index (κ1) is 13.1. The summed E-state index contributed by atoms with van der Waals surface area (Å²) >= 11 is 3.38. The number of nitrogen functional groups attached to an aromatic ring is 1. The van der Waals surface area contributed by atoms with Crippen molar-refractivity contribution in [2.45, 2.75) is 13.0 Å². The first-order chi connectivity index (χ1) is 9.65. The maximum absolute atomic E-state index is 12.5. The van der Waals surface area contributed by atoms with Gasteiger partial charge in [-0.25, -0.2) is 4.98 Å². The highest BCUT2D eigenvalue weighted by Crippen LogP contribution is 2.24. The fraction of sp³-hybridized carbons (Fsp3) is 0.200. The summed E-state index contributed by atoms with van der Waals surface area (Å²) < 4.78 is 0.725. The van der Waals surface area contributed by atoms with E-state index >= 15 is 0 Å². The summed E-state index contributed by atoms with van der Waals surface area (Å²) in [5, 5.41) is 0. The molecule has 1 amide bonds. The minimum Gasteiger partial charge on any atom is -0.399 e. The molecule has 1 aromatic heterocycles. The molecule has 4 nitrogen and oxygen atoms in total. The number of halogens is 1. The van der Waals surface area contributed by atoms with E-state index in [4.69, 9.17) is 5.73 Å². The molecule has 102 valence electrons. The lowest BCUT2D eigenvalue weighted by atomic mass is 9.99. The minimum absolute atomic E-state index is 0.0504. The molecule has 20 heavy (non-hydrogen) atoms. The van der Waals surface area contributed by atoms with Crippen molar-refractivity contribution in [1.82, 2.24) is 9.88 Å². The van der Waals surface area contributed by atoms with Gasteiger partial charge >= 0.3 is 0 Å². The normalized spacial score (nSPS) is 13.9. The molecule has 1 aliphatic rings. The van der Waals surface area contributed by atoms with Crippen LogP contribution in [0.2, 0.25) is 0 Å². The van der Waals surface area contributed by atoms with E-state index in [9.17, 15) is 4.79 Å². The van der Waals surface area contributed by atoms with Crippen LogP contribution in [0.5, 0.6) is 0 Å². The Morgan fingerprint density at radius 2 is 2.15 bits per heavy atom. The molecule has 0 fully saturated rings. The maximum atomic E-state index is 12.5. The summed E-state index contributed by atoms with van der Waals surface area (Å²) in [4.78, 5) is 18.5. The van der Waals surface area contributed by atoms with E-state index < -0.39 is 0 Å². The van der Waals surface area contributed by atoms with Crippen LogP contribution in [0.4, 0.5) is 5.69 Å². The largest absolute Gasteiger partial charge is 0.399 e. The lowest BCUT2D eigenvalue weighted by molar-refractivity contribution is 0.0728. The summed E-state index contributed by atoms with van der Waals surface area (Å²) in [7, 11) is 0. The zero-order chi connectivity index (χ0) is 14.1. The molecule has 3 rings (SSSR count). The number of carbonyl (C=O) groups excluding carboxylic acids is 1. The van der Waals surface area contributed by atoms with Crippen molar-refractivity contribution in [2.24, 2.45) is 0 Å². The molecule has 0 aliphatic carbocycles. The third-order valence-electron chi connectivity index (χ3n) is 3.49. The van der Waals surface area contributed by atoms with Gasteiger partial charge in [0.25, 0.3) is 5.91 Å². The zero-order valence-electron chi connectivity index (χ0n) is 10.8. The van der Waals surface area contributed by atoms with Gasteiger partial charge in [0.15, 0.2) is 0 Å². The first-order valence-corrected chi connectivity index (χ1v) is 7.21. The van der Waals surface area contributed by atoms with E-state index in [1.165, 1.54) is 5.56 Å². The van der Waals surface area contributed by atoms with Crippen LogP contribution in [-0.4, -0.2) is 22.3 Å². The van der Waals surface area contributed by atoms with Crippen molar-refractivity contribution in [3.8, 4) is 0 Å². The summed E-state index contributed by atoms with van der Waals surface area (Å²) in [6, 6.07) is 9.53. The summed E-state index contributed by atoms with van der Waals surface area (Å²) in [6.07, 6.45) is 2.49. The standard InChI is InChI=1S/C15H14BrN3O/c16-13-2-1-6-18-14(13)15(20)19-7-5-10-3-4-12(17)8-11(10)9-19/h1-4,6,8H,5,7,9,17H2. The Hall–Kier alpha value is -1.88. The number of anilines is 1. The van der Waals surface area contributed by atoms with Crippen molar-refractivity contribution in [3.05, 3.63) is 57.8 Å². The van der Waals surface area contributed by atoms with E-state index in [1.54, 1.807) is 12.3 Å². The van der Waals surface area contributed by atoms with Crippen molar-refractivity contribution < 1.29 is 4.79 Å². The van der Waals surface area contributed by atoms with Crippen LogP contribution in [-0.2, 0) is 13.0 Å². The van der Waals surface area contributed by atoms with E-state index in [0.29, 0.717) is 18.8 Å². The molecule has 0 radical (unpaired) electrons. The van der Waals surface area contributed by atoms with Crippen molar-refractivity contribution in [1.29, 1.82) is 0 Å². The molecule has 0 spiro atoms. The predicted molar refractivity (Wildman–Crippen MR) is 81.2 cm³/mol. The maximum Gasteiger partial charge on any atom is 0.273 e. The van der Waals surface area contributed by atoms with Gasteiger partial charge in [-0.1, -0.05) is 6.07 Å². The average Bonchev–Trinajstić information content (AvgIpc) is 2.46. The number of fused-ring (bicyclic) bond motifs is 1. The number of benzene rings is 1. The van der Waals surface area contributed by atoms with E-state index in [0.717, 1.165) is 22.1 Å². The zero-order valence-corrected chi connectivity index (χ0v) is 12.4. The highest BCUT2D eigenvalue weighted by atomic mass is 79.9. The first-order valence-electron chi connectivity index (χ1n) is 6.42. The SMILES string of the molecule is Nc1ccc2c(c1)CN(C(=O)c1ncccc1Br)CC2. The van der Waals surface area contributed by atoms with Crippen LogP contribution >= 0.6 is 15.9 Å². The quantitative estimate of drug-likeness (QED) is 0.817. The topological polar surface area (TPSA) is 59.2 Å². The van der Waals surface area contributed by atoms with Crippen molar-refractivity contribution in [2.75, 3.05) is 12.3 Å². The van der Waals surface area contributed by atoms with Crippen LogP contribution in [0.25, 0.3) is 0 Å². The molecule has 2 N–H and O–H groups in total. The van der Waals surface area contributed by atoms with E-state index in [2.05, 4.69) is 20.9 Å². The van der Waals surface area contributed by atoms with Gasteiger partial charge in [-0.3, -0.25) is 4.79 Å². The lowest BCUT2D eigenvalue weighted by Crippen LogP contribution is -2.36. The van der Waals surface area contributed by atoms with Gasteiger partial charge in [-0.2, -0.15) is 0 Å². The number of rotatable bonds is 1. The Morgan fingerprint density at radius 3 is 2.95 bits per heavy atom. The van der Waals surface area contributed by atoms with Crippen molar-refractivity contribution in [3.63, 3.8) is 0 Å². The van der Waals surface area contributed by atoms with E-state index in [-0.39, 0.29) is 5.91 Å². The highest BCUT2D eigenvalue weighted by Gasteiger charge is 2.23. The highest BCUT2D eigenvalue weighted by molar-refractivity contribution is 9.10. The second-order valence-corrected chi connectivity index (χ2v) is 5.69. The van der Waals surface area contributed by atoms with Crippen LogP contribution in [0, 0.1) is 0 Å². The van der Waals surface area contributed by atoms with Gasteiger partial charge in [0.05, 0.1) is 0 Å². The molecule has 2 heterocycles. The number of nitrogens with zero attached hydrogens (tertiary/aromatic N) is 2. The fourth-order valence-corrected chi connectivity index (χ4v) is 2.87. The molecule has 5 heteroatoms. The number of aromatic nitrogens is 1. The molecular formula is C15H14BrN3O. The predicted octanol–water partition coefficient (Wildman–Crippen LogP) is 2.62. The number of pyridine rings is 1. The second kappa shape index (κ2) is 5.25. The van der Waals surface area contributed by atoms with Crippen molar-refractivity contribution >= 4 is 27.5 Å². The van der Waals surface area contributed by atoms with Crippen LogP contribution < -0.4 is 5.73 Å². The Morgan fingerprint density at radius 1 is 1.30 bits per heavy atom. The average molecular weight is 332 g/mol. The van der Waals surface area contributed by atoms with Gasteiger partial charge in [0.1, 0.15) is 5.69 Å². The molecule has 0 saturated heterocycles. The third kappa shape index (κ3) is 2.41. The van der Waals surface area contributed by atoms with Crippen LogP contribution in [0.1, 0.15) is 21.6 Å². The van der Waals surface area contributed by atoms with Gasteiger partial charge < -0.3 is 10.6 Å². The lowest BCUT2D eigenvalue weighted by Gasteiger charge is -2.29. The van der Waals surface area contributed by atoms with Gasteiger partial charge in [-0.15, -0.1) is 0 Å². The molecule has 0 saturated carbocycles. The number of hydrogen-bond donors (Lipinski definition) is 1. The van der Waals surface area contributed by atoms with Gasteiger partial charge in [0, 0.05) is 29.4 Å². The Labute approximate surface area is 125 Å². The number of nitrogens with two attached hydrogens (primary N) is 1. The fourth-order valence-electron chi connectivity index (χ4n) is 2.44. The Kier molecular flexibility index (Phi) is 3.44. The Balaban J connectivity index is 1.87. The van der Waals surface area contributed by atoms with Crippen LogP contribution in [0.15, 0.2) is 41.0 Å². The van der Waals surface area contributed by atoms with Gasteiger partial charge in [0.2, 0.25) is 0 Å². The number of carbonyl (C=O) groups is 1. The summed E-state index contributed by atoms with van der Waals surface area (Å²) in [5.74, 6) is -0.0504. The van der Waals surface area contributed by atoms with Gasteiger partial charge in [-0.05, 0) is 57.7 Å².